The molecule has 1 saturated carbocycles. The number of rotatable bonds is 6. The molecule has 3 heterocycles. The molecular formula is C21H25N5O. The summed E-state index contributed by atoms with van der Waals surface area (Å²) in [5.41, 5.74) is 4.01. The van der Waals surface area contributed by atoms with Crippen molar-refractivity contribution in [3.8, 4) is 0 Å². The first-order chi connectivity index (χ1) is 13.1. The van der Waals surface area contributed by atoms with Crippen LogP contribution in [0.15, 0.2) is 35.2 Å². The van der Waals surface area contributed by atoms with Gasteiger partial charge in [0.05, 0.1) is 5.52 Å². The molecule has 2 aromatic heterocycles. The highest BCUT2D eigenvalue weighted by molar-refractivity contribution is 6.12. The van der Waals surface area contributed by atoms with Gasteiger partial charge in [-0.2, -0.15) is 0 Å². The van der Waals surface area contributed by atoms with Gasteiger partial charge in [-0.1, -0.05) is 13.3 Å². The summed E-state index contributed by atoms with van der Waals surface area (Å²) in [6.45, 7) is 4.27. The SMILES string of the molecule is CCCCC1N=CC(c2cnc3cc(NC(=O)C4CC4)ncc3c2)=C(C)N1. The summed E-state index contributed by atoms with van der Waals surface area (Å²) in [6.07, 6.45) is 11.1. The fourth-order valence-electron chi connectivity index (χ4n) is 3.27. The minimum Gasteiger partial charge on any atom is -0.367 e. The molecule has 6 heteroatoms. The molecule has 27 heavy (non-hydrogen) atoms. The second kappa shape index (κ2) is 7.47. The lowest BCUT2D eigenvalue weighted by molar-refractivity contribution is -0.117. The first-order valence-corrected chi connectivity index (χ1v) is 9.71. The second-order valence-electron chi connectivity index (χ2n) is 7.37. The van der Waals surface area contributed by atoms with Crippen molar-refractivity contribution in [2.75, 3.05) is 5.32 Å². The van der Waals surface area contributed by atoms with Crippen LogP contribution in [0.4, 0.5) is 5.82 Å². The van der Waals surface area contributed by atoms with Crippen molar-refractivity contribution < 1.29 is 4.79 Å². The van der Waals surface area contributed by atoms with Gasteiger partial charge in [0.2, 0.25) is 5.91 Å². The monoisotopic (exact) mass is 363 g/mol. The first-order valence-electron chi connectivity index (χ1n) is 9.71. The summed E-state index contributed by atoms with van der Waals surface area (Å²) in [5, 5.41) is 7.30. The van der Waals surface area contributed by atoms with Crippen LogP contribution in [0.2, 0.25) is 0 Å². The maximum atomic E-state index is 11.9. The van der Waals surface area contributed by atoms with Gasteiger partial charge in [-0.25, -0.2) is 4.98 Å². The largest absolute Gasteiger partial charge is 0.367 e. The van der Waals surface area contributed by atoms with Crippen molar-refractivity contribution in [2.45, 2.75) is 52.1 Å². The Labute approximate surface area is 159 Å². The number of allylic oxidation sites excluding steroid dienone is 2. The van der Waals surface area contributed by atoms with Gasteiger partial charge in [0.25, 0.3) is 0 Å². The summed E-state index contributed by atoms with van der Waals surface area (Å²) in [4.78, 5) is 25.5. The number of aromatic nitrogens is 2. The molecule has 0 aromatic carbocycles. The average molecular weight is 363 g/mol. The Hall–Kier alpha value is -2.76. The van der Waals surface area contributed by atoms with Crippen LogP contribution in [0.5, 0.6) is 0 Å². The number of amides is 1. The fourth-order valence-corrected chi connectivity index (χ4v) is 3.27. The normalized spacial score (nSPS) is 19.3. The zero-order chi connectivity index (χ0) is 18.8. The summed E-state index contributed by atoms with van der Waals surface area (Å²) in [5.74, 6) is 0.781. The molecule has 1 amide bonds. The fraction of sp³-hybridized carbons (Fsp3) is 0.429. The third-order valence-corrected chi connectivity index (χ3v) is 5.08. The standard InChI is InChI=1S/C21H25N5O/c1-3-4-5-19-24-12-17(13(2)25-19)15-8-16-11-23-20(9-18(16)22-10-15)26-21(27)14-6-7-14/h8-12,14,19,25H,3-7H2,1-2H3,(H,23,26,27). The van der Waals surface area contributed by atoms with Gasteiger partial charge in [-0.15, -0.1) is 0 Å². The van der Waals surface area contributed by atoms with E-state index in [-0.39, 0.29) is 18.0 Å². The van der Waals surface area contributed by atoms with Gasteiger partial charge < -0.3 is 10.6 Å². The first kappa shape index (κ1) is 17.6. The van der Waals surface area contributed by atoms with Gasteiger partial charge in [0.15, 0.2) is 0 Å². The molecule has 2 N–H and O–H groups in total. The minimum absolute atomic E-state index is 0.0568. The number of hydrogen-bond donors (Lipinski definition) is 2. The van der Waals surface area contributed by atoms with Crippen molar-refractivity contribution in [2.24, 2.45) is 10.9 Å². The van der Waals surface area contributed by atoms with Crippen molar-refractivity contribution >= 4 is 34.4 Å². The lowest BCUT2D eigenvalue weighted by Gasteiger charge is -2.22. The Morgan fingerprint density at radius 1 is 1.26 bits per heavy atom. The number of nitrogens with zero attached hydrogens (tertiary/aromatic N) is 3. The highest BCUT2D eigenvalue weighted by atomic mass is 16.2. The van der Waals surface area contributed by atoms with E-state index in [0.717, 1.165) is 47.0 Å². The highest BCUT2D eigenvalue weighted by Gasteiger charge is 2.29. The predicted molar refractivity (Wildman–Crippen MR) is 108 cm³/mol. The van der Waals surface area contributed by atoms with Crippen LogP contribution in [-0.4, -0.2) is 28.3 Å². The topological polar surface area (TPSA) is 79.3 Å². The number of aliphatic imine (C=N–C) groups is 1. The Bertz CT molecular complexity index is 929. The maximum Gasteiger partial charge on any atom is 0.228 e. The van der Waals surface area contributed by atoms with E-state index < -0.39 is 0 Å². The van der Waals surface area contributed by atoms with Crippen molar-refractivity contribution in [3.63, 3.8) is 0 Å². The quantitative estimate of drug-likeness (QED) is 0.816. The van der Waals surface area contributed by atoms with Crippen LogP contribution in [0.3, 0.4) is 0 Å². The molecule has 4 rings (SSSR count). The number of carbonyl (C=O) groups excluding carboxylic acids is 1. The van der Waals surface area contributed by atoms with Crippen LogP contribution < -0.4 is 10.6 Å². The van der Waals surface area contributed by atoms with Gasteiger partial charge in [-0.3, -0.25) is 14.8 Å². The van der Waals surface area contributed by atoms with E-state index in [1.54, 1.807) is 6.20 Å². The van der Waals surface area contributed by atoms with Gasteiger partial charge in [0, 0.05) is 52.8 Å². The Morgan fingerprint density at radius 3 is 2.85 bits per heavy atom. The van der Waals surface area contributed by atoms with E-state index in [4.69, 9.17) is 0 Å². The number of unbranched alkanes of at least 4 members (excludes halogenated alkanes) is 1. The minimum atomic E-state index is 0.0568. The van der Waals surface area contributed by atoms with Crippen molar-refractivity contribution in [1.82, 2.24) is 15.3 Å². The molecule has 1 aliphatic carbocycles. The summed E-state index contributed by atoms with van der Waals surface area (Å²) in [7, 11) is 0. The molecule has 0 radical (unpaired) electrons. The summed E-state index contributed by atoms with van der Waals surface area (Å²) in [6, 6.07) is 3.90. The lowest BCUT2D eigenvalue weighted by Crippen LogP contribution is -2.29. The smallest absolute Gasteiger partial charge is 0.228 e. The Morgan fingerprint density at radius 2 is 2.11 bits per heavy atom. The molecule has 1 aliphatic heterocycles. The van der Waals surface area contributed by atoms with Crippen LogP contribution in [0, 0.1) is 5.92 Å². The third-order valence-electron chi connectivity index (χ3n) is 5.08. The van der Waals surface area contributed by atoms with Crippen LogP contribution in [0.25, 0.3) is 16.5 Å². The molecule has 1 atom stereocenters. The zero-order valence-electron chi connectivity index (χ0n) is 15.8. The molecule has 0 bridgehead atoms. The molecule has 1 fully saturated rings. The number of carbonyl (C=O) groups is 1. The van der Waals surface area contributed by atoms with E-state index >= 15 is 0 Å². The maximum absolute atomic E-state index is 11.9. The molecule has 140 valence electrons. The number of anilines is 1. The number of hydrogen-bond acceptors (Lipinski definition) is 5. The molecule has 2 aliphatic rings. The third kappa shape index (κ3) is 3.99. The van der Waals surface area contributed by atoms with Gasteiger partial charge in [-0.05, 0) is 38.7 Å². The number of fused-ring (bicyclic) bond motifs is 1. The summed E-state index contributed by atoms with van der Waals surface area (Å²) >= 11 is 0. The molecule has 0 saturated heterocycles. The van der Waals surface area contributed by atoms with Crippen LogP contribution in [-0.2, 0) is 4.79 Å². The zero-order valence-corrected chi connectivity index (χ0v) is 15.8. The molecule has 2 aromatic rings. The lowest BCUT2D eigenvalue weighted by atomic mass is 10.0. The predicted octanol–water partition coefficient (Wildman–Crippen LogP) is 3.90. The van der Waals surface area contributed by atoms with E-state index in [0.29, 0.717) is 5.82 Å². The van der Waals surface area contributed by atoms with E-state index in [9.17, 15) is 4.79 Å². The number of nitrogens with one attached hydrogen (secondary N) is 2. The van der Waals surface area contributed by atoms with Crippen LogP contribution in [0.1, 0.15) is 51.5 Å². The average Bonchev–Trinajstić information content (AvgIpc) is 3.51. The van der Waals surface area contributed by atoms with Crippen LogP contribution >= 0.6 is 0 Å². The van der Waals surface area contributed by atoms with E-state index in [2.05, 4.69) is 45.5 Å². The van der Waals surface area contributed by atoms with Gasteiger partial charge in [0.1, 0.15) is 12.0 Å². The van der Waals surface area contributed by atoms with Crippen molar-refractivity contribution in [1.29, 1.82) is 0 Å². The van der Waals surface area contributed by atoms with Gasteiger partial charge >= 0.3 is 0 Å². The Kier molecular flexibility index (Phi) is 4.88. The molecule has 6 nitrogen and oxygen atoms in total. The summed E-state index contributed by atoms with van der Waals surface area (Å²) < 4.78 is 0. The van der Waals surface area contributed by atoms with Crippen molar-refractivity contribution in [3.05, 3.63) is 35.8 Å². The van der Waals surface area contributed by atoms with E-state index in [1.165, 1.54) is 12.8 Å². The highest BCUT2D eigenvalue weighted by Crippen LogP contribution is 2.30. The molecular weight excluding hydrogens is 338 g/mol. The molecule has 1 unspecified atom stereocenters. The number of pyridine rings is 2. The molecule has 0 spiro atoms. The Balaban J connectivity index is 1.53. The van der Waals surface area contributed by atoms with E-state index in [1.807, 2.05) is 18.5 Å². The second-order valence-corrected chi connectivity index (χ2v) is 7.37.